The lowest BCUT2D eigenvalue weighted by molar-refractivity contribution is -0.130. The van der Waals surface area contributed by atoms with E-state index in [0.717, 1.165) is 16.0 Å². The minimum absolute atomic E-state index is 0.0575. The predicted molar refractivity (Wildman–Crippen MR) is 98.8 cm³/mol. The summed E-state index contributed by atoms with van der Waals surface area (Å²) in [5.74, 6) is -0.856. The van der Waals surface area contributed by atoms with Crippen LogP contribution in [0.1, 0.15) is 43.8 Å². The lowest BCUT2D eigenvalue weighted by Crippen LogP contribution is -2.35. The van der Waals surface area contributed by atoms with Crippen LogP contribution in [0.2, 0.25) is 0 Å². The van der Waals surface area contributed by atoms with E-state index in [4.69, 9.17) is 5.26 Å². The standard InChI is InChI=1S/C21H19N3O3/c1-14-3-8-17-18(11-14)21(27)24(20(17)26)10-9-19(25)23(2)13-16-6-4-15(12-22)5-7-16/h3-8,11H,9-10,13H2,1-2H3. The van der Waals surface area contributed by atoms with Gasteiger partial charge in [-0.1, -0.05) is 23.8 Å². The first-order valence-corrected chi connectivity index (χ1v) is 8.60. The van der Waals surface area contributed by atoms with Gasteiger partial charge in [-0.3, -0.25) is 19.3 Å². The van der Waals surface area contributed by atoms with Gasteiger partial charge in [-0.25, -0.2) is 0 Å². The highest BCUT2D eigenvalue weighted by atomic mass is 16.2. The molecule has 0 radical (unpaired) electrons. The maximum Gasteiger partial charge on any atom is 0.261 e. The predicted octanol–water partition coefficient (Wildman–Crippen LogP) is 2.51. The Labute approximate surface area is 157 Å². The molecule has 0 spiro atoms. The summed E-state index contributed by atoms with van der Waals surface area (Å²) in [6.45, 7) is 2.32. The second kappa shape index (κ2) is 7.42. The number of benzene rings is 2. The number of nitrogens with zero attached hydrogens (tertiary/aromatic N) is 3. The first-order chi connectivity index (χ1) is 12.9. The molecule has 27 heavy (non-hydrogen) atoms. The van der Waals surface area contributed by atoms with E-state index >= 15 is 0 Å². The maximum atomic E-state index is 12.4. The van der Waals surface area contributed by atoms with Gasteiger partial charge in [0.25, 0.3) is 11.8 Å². The summed E-state index contributed by atoms with van der Waals surface area (Å²) < 4.78 is 0. The average Bonchev–Trinajstić information content (AvgIpc) is 2.90. The van der Waals surface area contributed by atoms with Gasteiger partial charge in [-0.2, -0.15) is 5.26 Å². The number of imide groups is 1. The molecule has 3 rings (SSSR count). The summed E-state index contributed by atoms with van der Waals surface area (Å²) in [7, 11) is 1.67. The van der Waals surface area contributed by atoms with Crippen LogP contribution < -0.4 is 0 Å². The fourth-order valence-electron chi connectivity index (χ4n) is 3.05. The van der Waals surface area contributed by atoms with E-state index in [0.29, 0.717) is 23.2 Å². The molecule has 0 atom stereocenters. The molecule has 2 aromatic carbocycles. The number of aryl methyl sites for hydroxylation is 1. The van der Waals surface area contributed by atoms with Gasteiger partial charge in [0, 0.05) is 26.6 Å². The van der Waals surface area contributed by atoms with Crippen molar-refractivity contribution in [3.8, 4) is 6.07 Å². The summed E-state index contributed by atoms with van der Waals surface area (Å²) in [5.41, 5.74) is 3.17. The Morgan fingerprint density at radius 2 is 1.74 bits per heavy atom. The van der Waals surface area contributed by atoms with Crippen molar-refractivity contribution in [1.29, 1.82) is 5.26 Å². The summed E-state index contributed by atoms with van der Waals surface area (Å²) in [4.78, 5) is 39.9. The van der Waals surface area contributed by atoms with Gasteiger partial charge >= 0.3 is 0 Å². The molecule has 6 heteroatoms. The molecular formula is C21H19N3O3. The molecule has 6 nitrogen and oxygen atoms in total. The van der Waals surface area contributed by atoms with E-state index < -0.39 is 0 Å². The van der Waals surface area contributed by atoms with Crippen LogP contribution in [-0.2, 0) is 11.3 Å². The molecule has 0 fully saturated rings. The molecule has 0 saturated carbocycles. The maximum absolute atomic E-state index is 12.4. The summed E-state index contributed by atoms with van der Waals surface area (Å²) >= 11 is 0. The number of nitriles is 1. The zero-order valence-corrected chi connectivity index (χ0v) is 15.2. The second-order valence-corrected chi connectivity index (χ2v) is 6.62. The Balaban J connectivity index is 1.59. The molecule has 1 aliphatic rings. The largest absolute Gasteiger partial charge is 0.341 e. The third-order valence-electron chi connectivity index (χ3n) is 4.60. The first-order valence-electron chi connectivity index (χ1n) is 8.60. The van der Waals surface area contributed by atoms with Crippen LogP contribution in [-0.4, -0.2) is 41.1 Å². The molecule has 3 amide bonds. The summed E-state index contributed by atoms with van der Waals surface area (Å²) in [6, 6.07) is 14.2. The molecule has 0 bridgehead atoms. The van der Waals surface area contributed by atoms with Crippen molar-refractivity contribution < 1.29 is 14.4 Å². The lowest BCUT2D eigenvalue weighted by atomic mass is 10.1. The zero-order chi connectivity index (χ0) is 19.6. The van der Waals surface area contributed by atoms with Crippen LogP contribution in [0.25, 0.3) is 0 Å². The van der Waals surface area contributed by atoms with E-state index in [2.05, 4.69) is 6.07 Å². The van der Waals surface area contributed by atoms with Crippen molar-refractivity contribution in [1.82, 2.24) is 9.80 Å². The van der Waals surface area contributed by atoms with E-state index in [-0.39, 0.29) is 30.7 Å². The molecule has 0 unspecified atom stereocenters. The fraction of sp³-hybridized carbons (Fsp3) is 0.238. The number of carbonyl (C=O) groups excluding carboxylic acids is 3. The van der Waals surface area contributed by atoms with E-state index in [9.17, 15) is 14.4 Å². The van der Waals surface area contributed by atoms with Crippen LogP contribution in [0, 0.1) is 18.3 Å². The van der Waals surface area contributed by atoms with Crippen LogP contribution in [0.15, 0.2) is 42.5 Å². The van der Waals surface area contributed by atoms with Crippen LogP contribution in [0.3, 0.4) is 0 Å². The number of carbonyl (C=O) groups is 3. The first kappa shape index (κ1) is 18.3. The number of rotatable bonds is 5. The highest BCUT2D eigenvalue weighted by Crippen LogP contribution is 2.24. The fourth-order valence-corrected chi connectivity index (χ4v) is 3.05. The van der Waals surface area contributed by atoms with Crippen molar-refractivity contribution in [2.24, 2.45) is 0 Å². The smallest absolute Gasteiger partial charge is 0.261 e. The molecule has 136 valence electrons. The van der Waals surface area contributed by atoms with Gasteiger partial charge in [-0.15, -0.1) is 0 Å². The quantitative estimate of drug-likeness (QED) is 0.766. The van der Waals surface area contributed by atoms with Crippen LogP contribution >= 0.6 is 0 Å². The Bertz CT molecular complexity index is 958. The van der Waals surface area contributed by atoms with Crippen molar-refractivity contribution >= 4 is 17.7 Å². The average molecular weight is 361 g/mol. The zero-order valence-electron chi connectivity index (χ0n) is 15.2. The Hall–Kier alpha value is -3.46. The SMILES string of the molecule is Cc1ccc2c(c1)C(=O)N(CCC(=O)N(C)Cc1ccc(C#N)cc1)C2=O. The molecule has 2 aromatic rings. The molecule has 1 heterocycles. The topological polar surface area (TPSA) is 81.5 Å². The second-order valence-electron chi connectivity index (χ2n) is 6.62. The van der Waals surface area contributed by atoms with Crippen LogP contribution in [0.5, 0.6) is 0 Å². The molecule has 0 N–H and O–H groups in total. The third kappa shape index (κ3) is 3.72. The van der Waals surface area contributed by atoms with Crippen molar-refractivity contribution in [3.05, 3.63) is 70.3 Å². The number of fused-ring (bicyclic) bond motifs is 1. The number of hydrogen-bond acceptors (Lipinski definition) is 4. The normalized spacial score (nSPS) is 12.7. The van der Waals surface area contributed by atoms with Crippen molar-refractivity contribution in [3.63, 3.8) is 0 Å². The lowest BCUT2D eigenvalue weighted by Gasteiger charge is -2.19. The summed E-state index contributed by atoms with van der Waals surface area (Å²) in [6.07, 6.45) is 0.0667. The minimum atomic E-state index is -0.349. The highest BCUT2D eigenvalue weighted by Gasteiger charge is 2.35. The Morgan fingerprint density at radius 3 is 2.41 bits per heavy atom. The van der Waals surface area contributed by atoms with Crippen molar-refractivity contribution in [2.75, 3.05) is 13.6 Å². The molecule has 0 saturated heterocycles. The molecule has 1 aliphatic heterocycles. The monoisotopic (exact) mass is 361 g/mol. The van der Waals surface area contributed by atoms with Gasteiger partial charge in [-0.05, 0) is 36.8 Å². The van der Waals surface area contributed by atoms with E-state index in [1.165, 1.54) is 0 Å². The van der Waals surface area contributed by atoms with Gasteiger partial charge in [0.1, 0.15) is 0 Å². The minimum Gasteiger partial charge on any atom is -0.341 e. The highest BCUT2D eigenvalue weighted by molar-refractivity contribution is 6.21. The molecule has 0 aromatic heterocycles. The van der Waals surface area contributed by atoms with Gasteiger partial charge in [0.15, 0.2) is 0 Å². The van der Waals surface area contributed by atoms with Gasteiger partial charge in [0.2, 0.25) is 5.91 Å². The Morgan fingerprint density at radius 1 is 1.07 bits per heavy atom. The molecule has 0 aliphatic carbocycles. The molecular weight excluding hydrogens is 342 g/mol. The Kier molecular flexibility index (Phi) is 5.04. The van der Waals surface area contributed by atoms with E-state index in [1.54, 1.807) is 54.4 Å². The van der Waals surface area contributed by atoms with Gasteiger partial charge in [0.05, 0.1) is 22.8 Å². The number of amides is 3. The van der Waals surface area contributed by atoms with Crippen molar-refractivity contribution in [2.45, 2.75) is 19.9 Å². The van der Waals surface area contributed by atoms with Crippen LogP contribution in [0.4, 0.5) is 0 Å². The number of hydrogen-bond donors (Lipinski definition) is 0. The van der Waals surface area contributed by atoms with Gasteiger partial charge < -0.3 is 4.90 Å². The van der Waals surface area contributed by atoms with E-state index in [1.807, 2.05) is 6.92 Å². The summed E-state index contributed by atoms with van der Waals surface area (Å²) in [5, 5.41) is 8.82. The third-order valence-corrected chi connectivity index (χ3v) is 4.60.